The Morgan fingerprint density at radius 1 is 0.320 bits per heavy atom. The molecule has 8 aromatic carbocycles. The number of rotatable bonds is 10. The van der Waals surface area contributed by atoms with Crippen LogP contribution in [0, 0.1) is 32.4 Å². The van der Waals surface area contributed by atoms with Crippen LogP contribution in [0.25, 0.3) is 0 Å². The molecule has 10 rings (SSSR count). The summed E-state index contributed by atoms with van der Waals surface area (Å²) in [6.45, 7) is 4.25. The molecule has 0 aromatic heterocycles. The van der Waals surface area contributed by atoms with Crippen LogP contribution in [-0.2, 0) is 76.1 Å². The van der Waals surface area contributed by atoms with Crippen LogP contribution in [-0.4, -0.2) is 11.0 Å². The van der Waals surface area contributed by atoms with E-state index in [9.17, 15) is 105 Å². The van der Waals surface area contributed by atoms with E-state index < -0.39 is 203 Å². The normalized spacial score (nSPS) is 14.6. The van der Waals surface area contributed by atoms with Crippen molar-refractivity contribution >= 4 is 57.5 Å². The van der Waals surface area contributed by atoms with Crippen LogP contribution in [0.2, 0.25) is 0 Å². The fraction of sp³-hybridized carbons (Fsp3) is 0.191. The zero-order chi connectivity index (χ0) is 70.5. The van der Waals surface area contributed by atoms with Gasteiger partial charge >= 0.3 is 49.4 Å². The number of hydrogen-bond donors (Lipinski definition) is 0. The Bertz CT molecular complexity index is 3440. The van der Waals surface area contributed by atoms with E-state index in [1.165, 1.54) is 47.2 Å². The number of nitrogens with zero attached hydrogens (tertiary/aromatic N) is 2. The molecule has 29 heteroatoms. The fourth-order valence-electron chi connectivity index (χ4n) is 10.7. The predicted molar refractivity (Wildman–Crippen MR) is 318 cm³/mol. The first-order chi connectivity index (χ1) is 44.6. The minimum Gasteiger partial charge on any atom is -0.342 e. The van der Waals surface area contributed by atoms with Crippen LogP contribution in [0.4, 0.5) is 111 Å². The number of halogens is 24. The van der Waals surface area contributed by atoms with Gasteiger partial charge in [-0.25, -0.2) is 0 Å². The summed E-state index contributed by atoms with van der Waals surface area (Å²) in [5, 5.41) is 4.13. The van der Waals surface area contributed by atoms with Gasteiger partial charge in [-0.2, -0.15) is 127 Å². The molecular weight excluding hydrogens is 1530 g/mol. The molecule has 1 saturated carbocycles. The SMILES string of the molecule is FC(F)(F)c1cc([B-](c2cc(C(F)(F)F)cc(C(F)(F)F)c2)(c2cc(C(F)(F)F)cc(C(F)(F)F)c2)c2cc(C(F)(F)F)cc(C(F)(F)F)c2)cc(C(F)(F)F)c1.[CH]1[CH]CC[CH][CH]CC1.[C]1N(Cc2ccccc2P(c2ccccc2)c2ccccc2)C=CN1c1ccccc1.[Ir]. The van der Waals surface area contributed by atoms with E-state index in [0.29, 0.717) is 0 Å². The third-order valence-electron chi connectivity index (χ3n) is 15.0. The van der Waals surface area contributed by atoms with Gasteiger partial charge in [0.25, 0.3) is 0 Å². The Kier molecular flexibility index (Phi) is 24.1. The van der Waals surface area contributed by atoms with Gasteiger partial charge < -0.3 is 9.80 Å². The minimum absolute atomic E-state index is 0. The van der Waals surface area contributed by atoms with Crippen molar-refractivity contribution in [3.8, 4) is 0 Å². The van der Waals surface area contributed by atoms with E-state index in [1.54, 1.807) is 0 Å². The van der Waals surface area contributed by atoms with E-state index in [-0.39, 0.29) is 20.1 Å². The quantitative estimate of drug-likeness (QED) is 0.0765. The summed E-state index contributed by atoms with van der Waals surface area (Å²) in [6, 6.07) is 32.1. The van der Waals surface area contributed by atoms with Crippen LogP contribution < -0.4 is 42.7 Å². The van der Waals surface area contributed by atoms with Crippen LogP contribution in [0.15, 0.2) is 200 Å². The Hall–Kier alpha value is -7.44. The van der Waals surface area contributed by atoms with E-state index >= 15 is 0 Å². The topological polar surface area (TPSA) is 6.48 Å². The summed E-state index contributed by atoms with van der Waals surface area (Å²) in [5.74, 6) is 0. The fourth-order valence-corrected chi connectivity index (χ4v) is 13.2. The Morgan fingerprint density at radius 3 is 0.856 bits per heavy atom. The summed E-state index contributed by atoms with van der Waals surface area (Å²) < 4.78 is 341. The van der Waals surface area contributed by atoms with Gasteiger partial charge in [0.1, 0.15) is 6.15 Å². The van der Waals surface area contributed by atoms with E-state index in [2.05, 4.69) is 159 Å². The van der Waals surface area contributed by atoms with Crippen molar-refractivity contribution in [1.29, 1.82) is 0 Å². The molecule has 1 aliphatic carbocycles. The molecule has 1 fully saturated rings. The molecule has 0 amide bonds. The number of alkyl halides is 24. The van der Waals surface area contributed by atoms with Crippen molar-refractivity contribution in [2.45, 2.75) is 81.6 Å². The zero-order valence-electron chi connectivity index (χ0n) is 49.2. The van der Waals surface area contributed by atoms with Gasteiger partial charge in [-0.15, -0.1) is 0 Å². The molecule has 8 aromatic rings. The monoisotopic (exact) mass is 1580 g/mol. The van der Waals surface area contributed by atoms with Crippen molar-refractivity contribution in [2.75, 3.05) is 4.90 Å². The molecule has 515 valence electrons. The van der Waals surface area contributed by atoms with Crippen LogP contribution in [0.3, 0.4) is 0 Å². The smallest absolute Gasteiger partial charge is 0.342 e. The number of benzene rings is 8. The molecule has 97 heavy (non-hydrogen) atoms. The maximum absolute atomic E-state index is 14.2. The maximum atomic E-state index is 14.2. The molecule has 2 aliphatic rings. The summed E-state index contributed by atoms with van der Waals surface area (Å²) >= 11 is 0. The second-order valence-electron chi connectivity index (χ2n) is 21.7. The molecule has 1 heterocycles. The standard InChI is InChI=1S/C32H12BF24.C28H23N2P.C8H12.Ir/c34-25(35,36)13-1-14(26(37,38)39)6-21(5-13)33(22-7-15(27(40,41)42)2-16(8-22)28(43,44)45,23-9-17(29(46,47)48)3-18(10-23)30(49,50)51)24-11-19(31(52,53)54)4-20(12-24)32(55,56)57;1-4-13-25(14-5-1)30-21-20-29(23-30)22-24-12-10-11-19-28(24)31(26-15-6-2-7-16-26)27-17-8-3-9-18-27;1-2-4-6-8-7-5-3-1;/h1-12H;1-21H,22H2;1-2,7-8H,3-6H2;/q-1;;;. The van der Waals surface area contributed by atoms with Gasteiger partial charge in [0, 0.05) is 44.7 Å². The van der Waals surface area contributed by atoms with E-state index in [1.807, 2.05) is 11.0 Å². The van der Waals surface area contributed by atoms with Crippen molar-refractivity contribution in [2.24, 2.45) is 0 Å². The van der Waals surface area contributed by atoms with Crippen LogP contribution >= 0.6 is 7.92 Å². The molecular formula is C68H47BF24IrN2P-. The third-order valence-corrected chi connectivity index (χ3v) is 17.6. The van der Waals surface area contributed by atoms with E-state index in [0.717, 1.165) is 12.2 Å². The second-order valence-corrected chi connectivity index (χ2v) is 23.9. The largest absolute Gasteiger partial charge is 0.416 e. The number of hydrogen-bond acceptors (Lipinski definition) is 2. The first-order valence-corrected chi connectivity index (χ1v) is 29.7. The summed E-state index contributed by atoms with van der Waals surface area (Å²) in [4.78, 5) is 4.18. The second kappa shape index (κ2) is 30.4. The van der Waals surface area contributed by atoms with Gasteiger partial charge in [0.05, 0.1) is 44.5 Å². The summed E-state index contributed by atoms with van der Waals surface area (Å²) in [5.41, 5.74) is -27.8. The first-order valence-electron chi connectivity index (χ1n) is 28.3. The average Bonchev–Trinajstić information content (AvgIpc) is 0.943. The van der Waals surface area contributed by atoms with E-state index in [4.69, 9.17) is 0 Å². The number of para-hydroxylation sites is 1. The number of anilines is 1. The Labute approximate surface area is 555 Å². The predicted octanol–water partition coefficient (Wildman–Crippen LogP) is 18.8. The van der Waals surface area contributed by atoms with Gasteiger partial charge in [0.2, 0.25) is 6.67 Å². The van der Waals surface area contributed by atoms with Gasteiger partial charge in [-0.05, 0) is 117 Å². The van der Waals surface area contributed by atoms with Gasteiger partial charge in [-0.1, -0.05) is 152 Å². The Balaban J connectivity index is 0.000000273. The van der Waals surface area contributed by atoms with Crippen molar-refractivity contribution in [3.05, 3.63) is 283 Å². The van der Waals surface area contributed by atoms with Crippen molar-refractivity contribution in [3.63, 3.8) is 0 Å². The molecule has 2 nitrogen and oxygen atoms in total. The summed E-state index contributed by atoms with van der Waals surface area (Å²) in [7, 11) is -0.634. The molecule has 0 unspecified atom stereocenters. The van der Waals surface area contributed by atoms with Crippen molar-refractivity contribution < 1.29 is 125 Å². The van der Waals surface area contributed by atoms with Crippen molar-refractivity contribution in [1.82, 2.24) is 4.90 Å². The van der Waals surface area contributed by atoms with Crippen LogP contribution in [0.5, 0.6) is 0 Å². The maximum Gasteiger partial charge on any atom is 0.416 e. The molecule has 7 radical (unpaired) electrons. The minimum atomic E-state index is -6.13. The van der Waals surface area contributed by atoms with Gasteiger partial charge in [-0.3, -0.25) is 0 Å². The molecule has 0 N–H and O–H groups in total. The van der Waals surface area contributed by atoms with Gasteiger partial charge in [0.15, 0.2) is 0 Å². The molecule has 1 aliphatic heterocycles. The summed E-state index contributed by atoms with van der Waals surface area (Å²) in [6.07, 6.45) is -36.6. The average molecular weight is 1580 g/mol. The molecule has 0 atom stereocenters. The third kappa shape index (κ3) is 19.5. The molecule has 0 spiro atoms. The molecule has 0 bridgehead atoms. The first kappa shape index (κ1) is 76.9. The molecule has 0 saturated heterocycles. The van der Waals surface area contributed by atoms with Crippen LogP contribution in [0.1, 0.15) is 75.8 Å². The zero-order valence-corrected chi connectivity index (χ0v) is 52.5. The Morgan fingerprint density at radius 2 is 0.577 bits per heavy atom.